The fourth-order valence-electron chi connectivity index (χ4n) is 3.43. The number of nitrogens with one attached hydrogen (secondary N) is 1. The number of anilines is 1. The highest BCUT2D eigenvalue weighted by Gasteiger charge is 2.32. The number of rotatable bonds is 3. The van der Waals surface area contributed by atoms with Crippen LogP contribution < -0.4 is 20.6 Å². The summed E-state index contributed by atoms with van der Waals surface area (Å²) in [5.41, 5.74) is 2.17. The van der Waals surface area contributed by atoms with Crippen LogP contribution in [0.15, 0.2) is 29.1 Å². The SMILES string of the molecule is Cc1ccc(COc2cc3n(c(=O)n2)CC2CNCCN32)cc1C#N. The summed E-state index contributed by atoms with van der Waals surface area (Å²) >= 11 is 0. The molecule has 1 atom stereocenters. The summed E-state index contributed by atoms with van der Waals surface area (Å²) < 4.78 is 7.45. The molecule has 0 saturated carbocycles. The average Bonchev–Trinajstić information content (AvgIpc) is 3.00. The monoisotopic (exact) mass is 337 g/mol. The smallest absolute Gasteiger partial charge is 0.352 e. The zero-order chi connectivity index (χ0) is 17.4. The lowest BCUT2D eigenvalue weighted by atomic mass is 10.1. The van der Waals surface area contributed by atoms with Gasteiger partial charge < -0.3 is 15.0 Å². The first-order chi connectivity index (χ1) is 12.2. The molecule has 1 aromatic heterocycles. The van der Waals surface area contributed by atoms with Crippen molar-refractivity contribution in [1.29, 1.82) is 5.26 Å². The molecule has 2 aliphatic heterocycles. The maximum Gasteiger partial charge on any atom is 0.352 e. The van der Waals surface area contributed by atoms with Crippen molar-refractivity contribution in [2.75, 3.05) is 24.5 Å². The van der Waals surface area contributed by atoms with Crippen molar-refractivity contribution in [2.45, 2.75) is 26.1 Å². The van der Waals surface area contributed by atoms with Gasteiger partial charge in [0.2, 0.25) is 5.88 Å². The van der Waals surface area contributed by atoms with Crippen LogP contribution in [-0.2, 0) is 13.2 Å². The summed E-state index contributed by atoms with van der Waals surface area (Å²) in [4.78, 5) is 18.6. The van der Waals surface area contributed by atoms with E-state index in [9.17, 15) is 4.79 Å². The second kappa shape index (κ2) is 6.22. The van der Waals surface area contributed by atoms with Gasteiger partial charge in [-0.2, -0.15) is 10.2 Å². The van der Waals surface area contributed by atoms with Crippen molar-refractivity contribution in [3.8, 4) is 11.9 Å². The molecule has 0 radical (unpaired) electrons. The van der Waals surface area contributed by atoms with E-state index in [1.165, 1.54) is 0 Å². The minimum absolute atomic E-state index is 0.274. The highest BCUT2D eigenvalue weighted by atomic mass is 16.5. The number of aryl methyl sites for hydroxylation is 1. The van der Waals surface area contributed by atoms with Crippen LogP contribution >= 0.6 is 0 Å². The van der Waals surface area contributed by atoms with E-state index in [4.69, 9.17) is 10.00 Å². The first-order valence-corrected chi connectivity index (χ1v) is 8.37. The van der Waals surface area contributed by atoms with Crippen molar-refractivity contribution in [3.05, 3.63) is 51.4 Å². The fraction of sp³-hybridized carbons (Fsp3) is 0.389. The number of hydrogen-bond acceptors (Lipinski definition) is 6. The Morgan fingerprint density at radius 3 is 3.16 bits per heavy atom. The van der Waals surface area contributed by atoms with Crippen molar-refractivity contribution >= 4 is 5.82 Å². The molecule has 7 nitrogen and oxygen atoms in total. The predicted molar refractivity (Wildman–Crippen MR) is 92.7 cm³/mol. The van der Waals surface area contributed by atoms with E-state index in [0.717, 1.165) is 36.6 Å². The fourth-order valence-corrected chi connectivity index (χ4v) is 3.43. The Balaban J connectivity index is 1.56. The van der Waals surface area contributed by atoms with Gasteiger partial charge in [-0.05, 0) is 24.1 Å². The molecule has 0 spiro atoms. The van der Waals surface area contributed by atoms with Crippen molar-refractivity contribution in [3.63, 3.8) is 0 Å². The van der Waals surface area contributed by atoms with Crippen LogP contribution in [0.25, 0.3) is 0 Å². The molecule has 0 amide bonds. The maximum absolute atomic E-state index is 12.3. The number of ether oxygens (including phenoxy) is 1. The second-order valence-electron chi connectivity index (χ2n) is 6.45. The minimum atomic E-state index is -0.275. The Kier molecular flexibility index (Phi) is 3.90. The minimum Gasteiger partial charge on any atom is -0.473 e. The summed E-state index contributed by atoms with van der Waals surface area (Å²) in [6, 6.07) is 9.93. The third-order valence-electron chi connectivity index (χ3n) is 4.81. The van der Waals surface area contributed by atoms with Gasteiger partial charge in [0, 0.05) is 25.7 Å². The van der Waals surface area contributed by atoms with Gasteiger partial charge in [-0.1, -0.05) is 12.1 Å². The van der Waals surface area contributed by atoms with Crippen molar-refractivity contribution in [1.82, 2.24) is 14.9 Å². The Morgan fingerprint density at radius 2 is 2.32 bits per heavy atom. The standard InChI is InChI=1S/C18H19N5O2/c1-12-2-3-13(6-14(12)8-19)11-25-16-7-17-22-5-4-20-9-15(22)10-23(17)18(24)21-16/h2-3,6-7,15,20H,4-5,9-11H2,1H3. The van der Waals surface area contributed by atoms with Crippen LogP contribution in [0, 0.1) is 18.3 Å². The quantitative estimate of drug-likeness (QED) is 0.892. The zero-order valence-corrected chi connectivity index (χ0v) is 14.0. The number of piperazine rings is 1. The number of nitrogens with zero attached hydrogens (tertiary/aromatic N) is 4. The van der Waals surface area contributed by atoms with Gasteiger partial charge in [0.05, 0.1) is 24.2 Å². The van der Waals surface area contributed by atoms with E-state index in [1.807, 2.05) is 31.2 Å². The van der Waals surface area contributed by atoms with Gasteiger partial charge in [0.15, 0.2) is 0 Å². The lowest BCUT2D eigenvalue weighted by Crippen LogP contribution is -2.49. The molecule has 1 N–H and O–H groups in total. The topological polar surface area (TPSA) is 83.2 Å². The summed E-state index contributed by atoms with van der Waals surface area (Å²) in [6.07, 6.45) is 0. The first kappa shape index (κ1) is 15.7. The van der Waals surface area contributed by atoms with Gasteiger partial charge in [0.25, 0.3) is 0 Å². The normalized spacial score (nSPS) is 18.4. The van der Waals surface area contributed by atoms with Gasteiger partial charge in [0.1, 0.15) is 12.4 Å². The molecule has 1 aromatic carbocycles. The molecular weight excluding hydrogens is 318 g/mol. The molecule has 25 heavy (non-hydrogen) atoms. The lowest BCUT2D eigenvalue weighted by molar-refractivity contribution is 0.291. The Labute approximate surface area is 145 Å². The molecule has 3 heterocycles. The largest absolute Gasteiger partial charge is 0.473 e. The molecule has 0 aliphatic carbocycles. The van der Waals surface area contributed by atoms with E-state index in [1.54, 1.807) is 4.57 Å². The van der Waals surface area contributed by atoms with Gasteiger partial charge in [-0.25, -0.2) is 4.79 Å². The third-order valence-corrected chi connectivity index (χ3v) is 4.81. The Morgan fingerprint density at radius 1 is 1.44 bits per heavy atom. The van der Waals surface area contributed by atoms with Gasteiger partial charge >= 0.3 is 5.69 Å². The van der Waals surface area contributed by atoms with Crippen LogP contribution in [0.5, 0.6) is 5.88 Å². The molecule has 7 heteroatoms. The maximum atomic E-state index is 12.3. The lowest BCUT2D eigenvalue weighted by Gasteiger charge is -2.31. The van der Waals surface area contributed by atoms with E-state index >= 15 is 0 Å². The molecule has 2 aliphatic rings. The average molecular weight is 337 g/mol. The summed E-state index contributed by atoms with van der Waals surface area (Å²) in [7, 11) is 0. The Bertz CT molecular complexity index is 915. The van der Waals surface area contributed by atoms with E-state index in [2.05, 4.69) is 21.3 Å². The number of hydrogen-bond donors (Lipinski definition) is 1. The predicted octanol–water partition coefficient (Wildman–Crippen LogP) is 0.794. The molecule has 1 fully saturated rings. The Hall–Kier alpha value is -2.85. The number of benzene rings is 1. The van der Waals surface area contributed by atoms with E-state index < -0.39 is 0 Å². The van der Waals surface area contributed by atoms with Crippen molar-refractivity contribution in [2.24, 2.45) is 0 Å². The number of nitriles is 1. The summed E-state index contributed by atoms with van der Waals surface area (Å²) in [5, 5.41) is 12.5. The number of fused-ring (bicyclic) bond motifs is 3. The molecule has 2 aromatic rings. The third kappa shape index (κ3) is 2.85. The molecular formula is C18H19N5O2. The zero-order valence-electron chi connectivity index (χ0n) is 14.0. The molecule has 4 rings (SSSR count). The highest BCUT2D eigenvalue weighted by Crippen LogP contribution is 2.27. The number of aromatic nitrogens is 2. The van der Waals surface area contributed by atoms with Crippen LogP contribution in [0.1, 0.15) is 16.7 Å². The van der Waals surface area contributed by atoms with Crippen molar-refractivity contribution < 1.29 is 4.74 Å². The van der Waals surface area contributed by atoms with E-state index in [0.29, 0.717) is 24.0 Å². The molecule has 1 saturated heterocycles. The molecule has 1 unspecified atom stereocenters. The first-order valence-electron chi connectivity index (χ1n) is 8.37. The summed E-state index contributed by atoms with van der Waals surface area (Å²) in [6.45, 7) is 5.49. The van der Waals surface area contributed by atoms with Gasteiger partial charge in [-0.15, -0.1) is 0 Å². The van der Waals surface area contributed by atoms with Crippen LogP contribution in [-0.4, -0.2) is 35.2 Å². The second-order valence-corrected chi connectivity index (χ2v) is 6.45. The summed E-state index contributed by atoms with van der Waals surface area (Å²) in [5.74, 6) is 1.21. The molecule has 128 valence electrons. The van der Waals surface area contributed by atoms with Crippen LogP contribution in [0.4, 0.5) is 5.82 Å². The highest BCUT2D eigenvalue weighted by molar-refractivity contribution is 5.47. The van der Waals surface area contributed by atoms with Crippen LogP contribution in [0.2, 0.25) is 0 Å². The molecule has 0 bridgehead atoms. The van der Waals surface area contributed by atoms with Gasteiger partial charge in [-0.3, -0.25) is 4.57 Å². The van der Waals surface area contributed by atoms with E-state index in [-0.39, 0.29) is 12.3 Å². The van der Waals surface area contributed by atoms with Crippen LogP contribution in [0.3, 0.4) is 0 Å².